The lowest BCUT2D eigenvalue weighted by atomic mass is 9.88. The zero-order valence-electron chi connectivity index (χ0n) is 33.2. The third-order valence-corrected chi connectivity index (χ3v) is 12.2. The summed E-state index contributed by atoms with van der Waals surface area (Å²) in [5.41, 5.74) is 13.1. The summed E-state index contributed by atoms with van der Waals surface area (Å²) in [5.74, 6) is 0.708. The average molecular weight is 776 g/mol. The fourth-order valence-electron chi connectivity index (χ4n) is 9.33. The molecule has 0 saturated heterocycles. The van der Waals surface area contributed by atoms with E-state index in [-0.39, 0.29) is 0 Å². The Kier molecular flexibility index (Phi) is 8.17. The van der Waals surface area contributed by atoms with E-state index in [0.29, 0.717) is 5.82 Å². The highest BCUT2D eigenvalue weighted by Gasteiger charge is 2.19. The van der Waals surface area contributed by atoms with E-state index in [0.717, 1.165) is 39.3 Å². The van der Waals surface area contributed by atoms with Gasteiger partial charge in [0.1, 0.15) is 0 Å². The Balaban J connectivity index is 1.09. The van der Waals surface area contributed by atoms with Crippen molar-refractivity contribution in [2.45, 2.75) is 0 Å². The van der Waals surface area contributed by atoms with E-state index in [9.17, 15) is 0 Å². The minimum atomic E-state index is 0.708. The highest BCUT2D eigenvalue weighted by molar-refractivity contribution is 6.29. The summed E-state index contributed by atoms with van der Waals surface area (Å²) >= 11 is 0. The summed E-state index contributed by atoms with van der Waals surface area (Å²) in [7, 11) is 0. The molecule has 0 saturated carbocycles. The van der Waals surface area contributed by atoms with E-state index in [4.69, 9.17) is 9.97 Å². The van der Waals surface area contributed by atoms with Gasteiger partial charge >= 0.3 is 0 Å². The van der Waals surface area contributed by atoms with Crippen molar-refractivity contribution in [2.24, 2.45) is 0 Å². The van der Waals surface area contributed by atoms with Gasteiger partial charge in [0.05, 0.1) is 22.4 Å². The van der Waals surface area contributed by atoms with Crippen molar-refractivity contribution in [3.63, 3.8) is 0 Å². The molecule has 61 heavy (non-hydrogen) atoms. The molecule has 0 aliphatic carbocycles. The van der Waals surface area contributed by atoms with Crippen LogP contribution in [0.2, 0.25) is 0 Å². The molecule has 0 N–H and O–H groups in total. The Bertz CT molecular complexity index is 3550. The van der Waals surface area contributed by atoms with E-state index >= 15 is 0 Å². The Morgan fingerprint density at radius 3 is 1.43 bits per heavy atom. The van der Waals surface area contributed by atoms with Crippen LogP contribution in [-0.4, -0.2) is 14.5 Å². The lowest BCUT2D eigenvalue weighted by molar-refractivity contribution is 1.18. The molecule has 12 aromatic rings. The average Bonchev–Trinajstić information content (AvgIpc) is 3.68. The van der Waals surface area contributed by atoms with Gasteiger partial charge in [-0.15, -0.1) is 0 Å². The third kappa shape index (κ3) is 5.90. The summed E-state index contributed by atoms with van der Waals surface area (Å²) in [6, 6.07) is 80.6. The van der Waals surface area contributed by atoms with Crippen LogP contribution in [0.4, 0.5) is 0 Å². The first-order valence-corrected chi connectivity index (χ1v) is 20.8. The van der Waals surface area contributed by atoms with Crippen LogP contribution in [0.5, 0.6) is 0 Å². The van der Waals surface area contributed by atoms with Gasteiger partial charge in [-0.3, -0.25) is 0 Å². The normalized spacial score (nSPS) is 11.6. The van der Waals surface area contributed by atoms with Crippen molar-refractivity contribution < 1.29 is 0 Å². The van der Waals surface area contributed by atoms with E-state index in [1.807, 2.05) is 24.3 Å². The second-order valence-electron chi connectivity index (χ2n) is 15.7. The summed E-state index contributed by atoms with van der Waals surface area (Å²) in [6.07, 6.45) is 0. The first kappa shape index (κ1) is 34.9. The number of hydrogen-bond acceptors (Lipinski definition) is 2. The van der Waals surface area contributed by atoms with Crippen molar-refractivity contribution in [1.82, 2.24) is 14.5 Å². The van der Waals surface area contributed by atoms with E-state index in [1.165, 1.54) is 70.8 Å². The molecule has 2 aromatic heterocycles. The molecule has 0 amide bonds. The molecule has 3 heteroatoms. The van der Waals surface area contributed by atoms with Crippen LogP contribution in [0, 0.1) is 0 Å². The molecule has 284 valence electrons. The molecule has 2 heterocycles. The minimum absolute atomic E-state index is 0.708. The molecule has 3 nitrogen and oxygen atoms in total. The molecule has 0 aliphatic rings. The first-order chi connectivity index (χ1) is 30.2. The van der Waals surface area contributed by atoms with Crippen molar-refractivity contribution in [2.75, 3.05) is 0 Å². The van der Waals surface area contributed by atoms with Gasteiger partial charge in [-0.05, 0) is 91.0 Å². The van der Waals surface area contributed by atoms with Crippen molar-refractivity contribution in [3.05, 3.63) is 224 Å². The van der Waals surface area contributed by atoms with Gasteiger partial charge in [0, 0.05) is 33.2 Å². The lowest BCUT2D eigenvalue weighted by Gasteiger charge is -2.18. The predicted octanol–water partition coefficient (Wildman–Crippen LogP) is 15.4. The molecule has 0 atom stereocenters. The molecule has 12 rings (SSSR count). The quantitative estimate of drug-likeness (QED) is 0.158. The topological polar surface area (TPSA) is 30.7 Å². The highest BCUT2D eigenvalue weighted by Crippen LogP contribution is 2.44. The van der Waals surface area contributed by atoms with Crippen LogP contribution < -0.4 is 0 Å². The second-order valence-corrected chi connectivity index (χ2v) is 15.7. The van der Waals surface area contributed by atoms with Gasteiger partial charge < -0.3 is 4.57 Å². The van der Waals surface area contributed by atoms with Crippen molar-refractivity contribution in [1.29, 1.82) is 0 Å². The van der Waals surface area contributed by atoms with Crippen LogP contribution in [0.15, 0.2) is 224 Å². The largest absolute Gasteiger partial charge is 0.309 e. The molecule has 0 unspecified atom stereocenters. The number of para-hydroxylation sites is 1. The van der Waals surface area contributed by atoms with E-state index < -0.39 is 0 Å². The highest BCUT2D eigenvalue weighted by atomic mass is 15.0. The zero-order valence-corrected chi connectivity index (χ0v) is 33.2. The Hall–Kier alpha value is -8.14. The fourth-order valence-corrected chi connectivity index (χ4v) is 9.33. The number of nitrogens with zero attached hydrogens (tertiary/aromatic N) is 3. The molecule has 0 aliphatic heterocycles. The van der Waals surface area contributed by atoms with Crippen LogP contribution in [0.3, 0.4) is 0 Å². The van der Waals surface area contributed by atoms with Crippen molar-refractivity contribution >= 4 is 54.1 Å². The number of rotatable bonds is 6. The number of fused-ring (bicyclic) bond motifs is 9. The number of hydrogen-bond donors (Lipinski definition) is 0. The molecule has 0 fully saturated rings. The predicted molar refractivity (Wildman–Crippen MR) is 256 cm³/mol. The molecule has 0 bridgehead atoms. The maximum Gasteiger partial charge on any atom is 0.160 e. The maximum atomic E-state index is 5.14. The van der Waals surface area contributed by atoms with Crippen LogP contribution in [0.25, 0.3) is 116 Å². The number of benzene rings is 10. The lowest BCUT2D eigenvalue weighted by Crippen LogP contribution is -1.97. The Labute approximate surface area is 353 Å². The molecular formula is C58H37N3. The van der Waals surface area contributed by atoms with Crippen LogP contribution in [-0.2, 0) is 0 Å². The smallest absolute Gasteiger partial charge is 0.160 e. The van der Waals surface area contributed by atoms with Gasteiger partial charge in [-0.25, -0.2) is 9.97 Å². The summed E-state index contributed by atoms with van der Waals surface area (Å²) < 4.78 is 2.46. The van der Waals surface area contributed by atoms with Crippen molar-refractivity contribution in [3.8, 4) is 61.8 Å². The summed E-state index contributed by atoms with van der Waals surface area (Å²) in [4.78, 5) is 10.2. The summed E-state index contributed by atoms with van der Waals surface area (Å²) in [6.45, 7) is 0. The first-order valence-electron chi connectivity index (χ1n) is 20.8. The second kappa shape index (κ2) is 14.3. The zero-order chi connectivity index (χ0) is 40.3. The Morgan fingerprint density at radius 1 is 0.279 bits per heavy atom. The Morgan fingerprint density at radius 2 is 0.754 bits per heavy atom. The standard InChI is InChI=1S/C58H37N3/c1-4-16-38(17-5-1)43-32-33-56-51(34-43)48-25-14-15-27-55(48)61(56)44-35-50(57-49-26-13-12-23-46(49)45-22-10-11-24-47(45)52(57)36-44)39-28-30-41(31-29-39)54-37-53(40-18-6-2-7-19-40)59-58(60-54)42-20-8-3-9-21-42/h1-37H. The number of aromatic nitrogens is 3. The monoisotopic (exact) mass is 775 g/mol. The maximum absolute atomic E-state index is 5.14. The molecule has 0 spiro atoms. The fraction of sp³-hybridized carbons (Fsp3) is 0. The van der Waals surface area contributed by atoms with Gasteiger partial charge in [0.15, 0.2) is 5.82 Å². The van der Waals surface area contributed by atoms with Gasteiger partial charge in [0.25, 0.3) is 0 Å². The minimum Gasteiger partial charge on any atom is -0.309 e. The molecule has 0 radical (unpaired) electrons. The third-order valence-electron chi connectivity index (χ3n) is 12.2. The SMILES string of the molecule is c1ccc(-c2ccc3c(c2)c2ccccc2n3-c2cc(-c3ccc(-c4cc(-c5ccccc5)nc(-c5ccccc5)n4)cc3)c3c4ccccc4c4ccccc4c3c2)cc1. The molecule has 10 aromatic carbocycles. The van der Waals surface area contributed by atoms with Gasteiger partial charge in [-0.2, -0.15) is 0 Å². The van der Waals surface area contributed by atoms with Gasteiger partial charge in [-0.1, -0.05) is 188 Å². The van der Waals surface area contributed by atoms with E-state index in [2.05, 4.69) is 205 Å². The molecular weight excluding hydrogens is 739 g/mol. The summed E-state index contributed by atoms with van der Waals surface area (Å²) in [5, 5.41) is 9.94. The van der Waals surface area contributed by atoms with Crippen LogP contribution in [0.1, 0.15) is 0 Å². The van der Waals surface area contributed by atoms with Gasteiger partial charge in [0.2, 0.25) is 0 Å². The van der Waals surface area contributed by atoms with E-state index in [1.54, 1.807) is 0 Å². The van der Waals surface area contributed by atoms with Crippen LogP contribution >= 0.6 is 0 Å².